The minimum Gasteiger partial charge on any atom is -0.261 e. The van der Waals surface area contributed by atoms with Gasteiger partial charge in [-0.3, -0.25) is 4.68 Å². The fourth-order valence-corrected chi connectivity index (χ4v) is 0.554. The molecule has 0 unspecified atom stereocenters. The molecule has 0 aliphatic carbocycles. The van der Waals surface area contributed by atoms with Crippen molar-refractivity contribution in [3.05, 3.63) is 18.5 Å². The average molecular weight is 120 g/mol. The number of hydrogen-bond acceptors (Lipinski definition) is 1. The van der Waals surface area contributed by atoms with Crippen LogP contribution in [0.1, 0.15) is 6.92 Å². The molecule has 2 nitrogen and oxygen atoms in total. The maximum Gasteiger partial charge on any atom is 0.102 e. The van der Waals surface area contributed by atoms with Crippen LogP contribution in [0.3, 0.4) is 0 Å². The predicted molar refractivity (Wildman–Crippen MR) is 35.7 cm³/mol. The molecule has 0 aliphatic rings. The Bertz CT molecular complexity index is 213. The third-order valence-corrected chi connectivity index (χ3v) is 0.977. The van der Waals surface area contributed by atoms with Gasteiger partial charge in [0.1, 0.15) is 6.54 Å². The molecule has 1 aromatic heterocycles. The molecule has 0 atom stereocenters. The van der Waals surface area contributed by atoms with Crippen LogP contribution in [-0.2, 0) is 6.54 Å². The van der Waals surface area contributed by atoms with Crippen molar-refractivity contribution in [2.24, 2.45) is 0 Å². The zero-order valence-corrected chi connectivity index (χ0v) is 5.33. The lowest BCUT2D eigenvalue weighted by Crippen LogP contribution is -1.94. The van der Waals surface area contributed by atoms with Crippen molar-refractivity contribution in [1.82, 2.24) is 9.78 Å². The van der Waals surface area contributed by atoms with E-state index in [1.807, 2.05) is 19.2 Å². The van der Waals surface area contributed by atoms with Crippen molar-refractivity contribution in [3.8, 4) is 11.8 Å². The summed E-state index contributed by atoms with van der Waals surface area (Å²) in [6.07, 6.45) is 3.64. The standard InChI is InChI=1S/C7H8N2/c1-2-3-6-9-7-4-5-8-9/h4-5,7H,6H2,1H3. The van der Waals surface area contributed by atoms with Crippen LogP contribution in [0.2, 0.25) is 0 Å². The lowest BCUT2D eigenvalue weighted by atomic mass is 10.6. The van der Waals surface area contributed by atoms with Crippen LogP contribution >= 0.6 is 0 Å². The lowest BCUT2D eigenvalue weighted by molar-refractivity contribution is 0.715. The highest BCUT2D eigenvalue weighted by molar-refractivity contribution is 4.95. The minimum absolute atomic E-state index is 0.698. The van der Waals surface area contributed by atoms with Gasteiger partial charge in [-0.1, -0.05) is 5.92 Å². The van der Waals surface area contributed by atoms with Crippen molar-refractivity contribution in [2.45, 2.75) is 13.5 Å². The van der Waals surface area contributed by atoms with Gasteiger partial charge in [0.15, 0.2) is 0 Å². The van der Waals surface area contributed by atoms with Crippen LogP contribution in [0.25, 0.3) is 0 Å². The Hall–Kier alpha value is -1.23. The quantitative estimate of drug-likeness (QED) is 0.503. The molecule has 0 amide bonds. The highest BCUT2D eigenvalue weighted by Gasteiger charge is 1.80. The van der Waals surface area contributed by atoms with E-state index in [9.17, 15) is 0 Å². The van der Waals surface area contributed by atoms with E-state index in [2.05, 4.69) is 16.9 Å². The lowest BCUT2D eigenvalue weighted by Gasteiger charge is -1.88. The first-order valence-corrected chi connectivity index (χ1v) is 2.80. The van der Waals surface area contributed by atoms with Crippen LogP contribution in [0.15, 0.2) is 18.5 Å². The molecule has 0 N–H and O–H groups in total. The van der Waals surface area contributed by atoms with Gasteiger partial charge in [0.05, 0.1) is 0 Å². The molecule has 9 heavy (non-hydrogen) atoms. The largest absolute Gasteiger partial charge is 0.261 e. The number of hydrogen-bond donors (Lipinski definition) is 0. The van der Waals surface area contributed by atoms with Gasteiger partial charge in [-0.15, -0.1) is 5.92 Å². The van der Waals surface area contributed by atoms with E-state index >= 15 is 0 Å². The molecule has 1 aromatic rings. The molecule has 0 spiro atoms. The Labute approximate surface area is 54.5 Å². The van der Waals surface area contributed by atoms with Crippen LogP contribution in [0.5, 0.6) is 0 Å². The van der Waals surface area contributed by atoms with Crippen LogP contribution in [-0.4, -0.2) is 9.78 Å². The molecule has 0 bridgehead atoms. The topological polar surface area (TPSA) is 17.8 Å². The van der Waals surface area contributed by atoms with Gasteiger partial charge in [0, 0.05) is 12.4 Å². The van der Waals surface area contributed by atoms with Crippen molar-refractivity contribution in [3.63, 3.8) is 0 Å². The minimum atomic E-state index is 0.698. The van der Waals surface area contributed by atoms with Gasteiger partial charge in [-0.2, -0.15) is 5.10 Å². The number of aromatic nitrogens is 2. The number of rotatable bonds is 1. The fourth-order valence-electron chi connectivity index (χ4n) is 0.554. The van der Waals surface area contributed by atoms with E-state index in [0.29, 0.717) is 6.54 Å². The maximum absolute atomic E-state index is 3.97. The van der Waals surface area contributed by atoms with Crippen molar-refractivity contribution < 1.29 is 0 Å². The summed E-state index contributed by atoms with van der Waals surface area (Å²) in [4.78, 5) is 0. The Morgan fingerprint density at radius 3 is 3.11 bits per heavy atom. The van der Waals surface area contributed by atoms with Gasteiger partial charge < -0.3 is 0 Å². The average Bonchev–Trinajstić information content (AvgIpc) is 2.34. The first-order valence-electron chi connectivity index (χ1n) is 2.80. The molecule has 0 saturated heterocycles. The summed E-state index contributed by atoms with van der Waals surface area (Å²) in [6.45, 7) is 2.52. The molecule has 2 heteroatoms. The molecule has 0 radical (unpaired) electrons. The fraction of sp³-hybridized carbons (Fsp3) is 0.286. The Kier molecular flexibility index (Phi) is 1.92. The first-order chi connectivity index (χ1) is 4.43. The third kappa shape index (κ3) is 1.61. The normalized spacial score (nSPS) is 8.11. The van der Waals surface area contributed by atoms with E-state index in [1.54, 1.807) is 10.9 Å². The van der Waals surface area contributed by atoms with Crippen molar-refractivity contribution in [1.29, 1.82) is 0 Å². The summed E-state index contributed by atoms with van der Waals surface area (Å²) in [7, 11) is 0. The molecule has 1 heterocycles. The monoisotopic (exact) mass is 120 g/mol. The van der Waals surface area contributed by atoms with E-state index in [1.165, 1.54) is 0 Å². The highest BCUT2D eigenvalue weighted by Crippen LogP contribution is 1.80. The molecule has 0 saturated carbocycles. The van der Waals surface area contributed by atoms with Gasteiger partial charge in [0.2, 0.25) is 0 Å². The zero-order chi connectivity index (χ0) is 6.53. The molecule has 0 fully saturated rings. The summed E-state index contributed by atoms with van der Waals surface area (Å²) < 4.78 is 1.79. The molecular weight excluding hydrogens is 112 g/mol. The summed E-state index contributed by atoms with van der Waals surface area (Å²) in [5.41, 5.74) is 0. The van der Waals surface area contributed by atoms with Crippen molar-refractivity contribution >= 4 is 0 Å². The molecule has 0 aliphatic heterocycles. The molecular formula is C7H8N2. The SMILES string of the molecule is CC#CCn1cccn1. The van der Waals surface area contributed by atoms with Gasteiger partial charge in [-0.05, 0) is 13.0 Å². The van der Waals surface area contributed by atoms with Crippen LogP contribution in [0.4, 0.5) is 0 Å². The summed E-state index contributed by atoms with van der Waals surface area (Å²) in [5.74, 6) is 5.70. The number of nitrogens with zero attached hydrogens (tertiary/aromatic N) is 2. The van der Waals surface area contributed by atoms with Gasteiger partial charge in [-0.25, -0.2) is 0 Å². The van der Waals surface area contributed by atoms with E-state index in [-0.39, 0.29) is 0 Å². The third-order valence-electron chi connectivity index (χ3n) is 0.977. The second-order valence-electron chi connectivity index (χ2n) is 1.63. The maximum atomic E-state index is 3.97. The Morgan fingerprint density at radius 2 is 2.56 bits per heavy atom. The Morgan fingerprint density at radius 1 is 1.67 bits per heavy atom. The second-order valence-corrected chi connectivity index (χ2v) is 1.63. The van der Waals surface area contributed by atoms with Crippen LogP contribution < -0.4 is 0 Å². The molecule has 46 valence electrons. The van der Waals surface area contributed by atoms with Gasteiger partial charge in [0.25, 0.3) is 0 Å². The van der Waals surface area contributed by atoms with E-state index < -0.39 is 0 Å². The van der Waals surface area contributed by atoms with Crippen LogP contribution in [0, 0.1) is 11.8 Å². The highest BCUT2D eigenvalue weighted by atomic mass is 15.3. The Balaban J connectivity index is 2.54. The molecule has 0 aromatic carbocycles. The summed E-state index contributed by atoms with van der Waals surface area (Å²) >= 11 is 0. The van der Waals surface area contributed by atoms with E-state index in [0.717, 1.165) is 0 Å². The smallest absolute Gasteiger partial charge is 0.102 e. The predicted octanol–water partition coefficient (Wildman–Crippen LogP) is 0.906. The van der Waals surface area contributed by atoms with Gasteiger partial charge >= 0.3 is 0 Å². The second kappa shape index (κ2) is 2.93. The van der Waals surface area contributed by atoms with E-state index in [4.69, 9.17) is 0 Å². The summed E-state index contributed by atoms with van der Waals surface area (Å²) in [5, 5.41) is 3.97. The molecule has 1 rings (SSSR count). The van der Waals surface area contributed by atoms with Crippen molar-refractivity contribution in [2.75, 3.05) is 0 Å². The first kappa shape index (κ1) is 5.90. The zero-order valence-electron chi connectivity index (χ0n) is 5.33. The summed E-state index contributed by atoms with van der Waals surface area (Å²) in [6, 6.07) is 1.89.